The number of hydrogen-bond acceptors (Lipinski definition) is 4. The zero-order valence-corrected chi connectivity index (χ0v) is 14.3. The lowest BCUT2D eigenvalue weighted by Crippen LogP contribution is -2.36. The molecule has 0 radical (unpaired) electrons. The first-order valence-corrected chi connectivity index (χ1v) is 8.29. The van der Waals surface area contributed by atoms with E-state index in [0.29, 0.717) is 25.1 Å². The van der Waals surface area contributed by atoms with E-state index in [-0.39, 0.29) is 5.91 Å². The molecule has 0 bridgehead atoms. The third-order valence-corrected chi connectivity index (χ3v) is 4.04. The standard InChI is InChI=1S/C19H25N3O2/c1-15-6-3-7-16-8-4-9-17(18(15)16)19(24)22(14-23)13-12-21-11-5-10-20-2/h3-4,6-9,14,20-21H,5,10-13H2,1-2H3. The Morgan fingerprint density at radius 1 is 1.12 bits per heavy atom. The van der Waals surface area contributed by atoms with Gasteiger partial charge in [0.05, 0.1) is 0 Å². The van der Waals surface area contributed by atoms with Crippen LogP contribution in [0.15, 0.2) is 36.4 Å². The van der Waals surface area contributed by atoms with Gasteiger partial charge in [0.25, 0.3) is 5.91 Å². The summed E-state index contributed by atoms with van der Waals surface area (Å²) < 4.78 is 0. The minimum absolute atomic E-state index is 0.248. The third-order valence-electron chi connectivity index (χ3n) is 4.04. The van der Waals surface area contributed by atoms with Crippen LogP contribution in [-0.2, 0) is 4.79 Å². The van der Waals surface area contributed by atoms with Gasteiger partial charge in [0.15, 0.2) is 0 Å². The molecule has 0 saturated carbocycles. The van der Waals surface area contributed by atoms with Crippen LogP contribution in [0.25, 0.3) is 10.8 Å². The number of nitrogens with one attached hydrogen (secondary N) is 2. The monoisotopic (exact) mass is 327 g/mol. The maximum atomic E-state index is 12.8. The van der Waals surface area contributed by atoms with Crippen molar-refractivity contribution in [1.82, 2.24) is 15.5 Å². The van der Waals surface area contributed by atoms with Crippen molar-refractivity contribution < 1.29 is 9.59 Å². The van der Waals surface area contributed by atoms with Crippen molar-refractivity contribution in [2.45, 2.75) is 13.3 Å². The topological polar surface area (TPSA) is 61.4 Å². The van der Waals surface area contributed by atoms with Gasteiger partial charge in [-0.3, -0.25) is 14.5 Å². The molecule has 2 aromatic rings. The first kappa shape index (κ1) is 18.1. The molecule has 0 aliphatic carbocycles. The van der Waals surface area contributed by atoms with E-state index in [1.54, 1.807) is 6.07 Å². The molecule has 5 nitrogen and oxygen atoms in total. The minimum Gasteiger partial charge on any atom is -0.320 e. The Morgan fingerprint density at radius 3 is 2.58 bits per heavy atom. The summed E-state index contributed by atoms with van der Waals surface area (Å²) >= 11 is 0. The SMILES string of the molecule is CNCCCNCCN(C=O)C(=O)c1cccc2cccc(C)c12. The van der Waals surface area contributed by atoms with Crippen molar-refractivity contribution >= 4 is 23.1 Å². The molecule has 0 spiro atoms. The first-order chi connectivity index (χ1) is 11.7. The fourth-order valence-electron chi connectivity index (χ4n) is 2.78. The summed E-state index contributed by atoms with van der Waals surface area (Å²) in [6.45, 7) is 4.74. The molecule has 0 fully saturated rings. The molecule has 5 heteroatoms. The van der Waals surface area contributed by atoms with Crippen molar-refractivity contribution in [3.8, 4) is 0 Å². The predicted molar refractivity (Wildman–Crippen MR) is 97.2 cm³/mol. The van der Waals surface area contributed by atoms with Crippen LogP contribution in [-0.4, -0.2) is 50.4 Å². The Bertz CT molecular complexity index is 695. The van der Waals surface area contributed by atoms with Gasteiger partial charge in [0, 0.05) is 18.7 Å². The molecule has 0 unspecified atom stereocenters. The van der Waals surface area contributed by atoms with E-state index in [1.165, 1.54) is 4.90 Å². The van der Waals surface area contributed by atoms with E-state index in [1.807, 2.05) is 44.3 Å². The number of fused-ring (bicyclic) bond motifs is 1. The molecule has 2 amide bonds. The third kappa shape index (κ3) is 4.40. The highest BCUT2D eigenvalue weighted by Gasteiger charge is 2.18. The molecule has 0 heterocycles. The normalized spacial score (nSPS) is 10.8. The Morgan fingerprint density at radius 2 is 1.88 bits per heavy atom. The average Bonchev–Trinajstić information content (AvgIpc) is 2.60. The molecule has 0 saturated heterocycles. The highest BCUT2D eigenvalue weighted by molar-refractivity contribution is 6.10. The number of nitrogens with zero attached hydrogens (tertiary/aromatic N) is 1. The summed E-state index contributed by atoms with van der Waals surface area (Å²) in [6.07, 6.45) is 1.63. The average molecular weight is 327 g/mol. The highest BCUT2D eigenvalue weighted by Crippen LogP contribution is 2.23. The second kappa shape index (κ2) is 9.15. The fourth-order valence-corrected chi connectivity index (χ4v) is 2.78. The molecule has 0 aromatic heterocycles. The van der Waals surface area contributed by atoms with E-state index < -0.39 is 0 Å². The van der Waals surface area contributed by atoms with Gasteiger partial charge >= 0.3 is 0 Å². The molecular formula is C19H25N3O2. The van der Waals surface area contributed by atoms with Crippen LogP contribution < -0.4 is 10.6 Å². The number of amides is 2. The number of benzene rings is 2. The van der Waals surface area contributed by atoms with E-state index in [2.05, 4.69) is 10.6 Å². The second-order valence-electron chi connectivity index (χ2n) is 5.79. The number of imide groups is 1. The van der Waals surface area contributed by atoms with E-state index in [0.717, 1.165) is 35.8 Å². The molecule has 0 aliphatic rings. The van der Waals surface area contributed by atoms with Crippen molar-refractivity contribution in [1.29, 1.82) is 0 Å². The van der Waals surface area contributed by atoms with Gasteiger partial charge in [-0.05, 0) is 55.9 Å². The van der Waals surface area contributed by atoms with Gasteiger partial charge in [-0.15, -0.1) is 0 Å². The quantitative estimate of drug-likeness (QED) is 0.546. The van der Waals surface area contributed by atoms with Crippen LogP contribution in [0.1, 0.15) is 22.3 Å². The van der Waals surface area contributed by atoms with Crippen LogP contribution in [0.5, 0.6) is 0 Å². The van der Waals surface area contributed by atoms with E-state index in [9.17, 15) is 9.59 Å². The Kier molecular flexibility index (Phi) is 6.90. The number of hydrogen-bond donors (Lipinski definition) is 2. The molecule has 2 N–H and O–H groups in total. The predicted octanol–water partition coefficient (Wildman–Crippen LogP) is 1.95. The fraction of sp³-hybridized carbons (Fsp3) is 0.368. The van der Waals surface area contributed by atoms with Crippen LogP contribution in [0.3, 0.4) is 0 Å². The van der Waals surface area contributed by atoms with Crippen molar-refractivity contribution in [3.63, 3.8) is 0 Å². The Hall–Kier alpha value is -2.24. The summed E-state index contributed by atoms with van der Waals surface area (Å²) in [7, 11) is 1.92. The first-order valence-electron chi connectivity index (χ1n) is 8.29. The Balaban J connectivity index is 2.08. The van der Waals surface area contributed by atoms with Crippen LogP contribution in [0.2, 0.25) is 0 Å². The zero-order chi connectivity index (χ0) is 17.4. The maximum absolute atomic E-state index is 12.8. The molecule has 2 aromatic carbocycles. The van der Waals surface area contributed by atoms with Gasteiger partial charge < -0.3 is 10.6 Å². The summed E-state index contributed by atoms with van der Waals surface area (Å²) in [5, 5.41) is 8.25. The van der Waals surface area contributed by atoms with Gasteiger partial charge in [-0.2, -0.15) is 0 Å². The smallest absolute Gasteiger partial charge is 0.260 e. The number of carbonyl (C=O) groups is 2. The van der Waals surface area contributed by atoms with E-state index >= 15 is 0 Å². The number of aryl methyl sites for hydroxylation is 1. The number of rotatable bonds is 9. The number of carbonyl (C=O) groups excluding carboxylic acids is 2. The molecular weight excluding hydrogens is 302 g/mol. The van der Waals surface area contributed by atoms with Crippen molar-refractivity contribution in [2.75, 3.05) is 33.2 Å². The molecule has 0 atom stereocenters. The molecule has 2 rings (SSSR count). The van der Waals surface area contributed by atoms with Crippen molar-refractivity contribution in [2.24, 2.45) is 0 Å². The van der Waals surface area contributed by atoms with Gasteiger partial charge in [-0.1, -0.05) is 30.3 Å². The second-order valence-corrected chi connectivity index (χ2v) is 5.79. The Labute approximate surface area is 143 Å². The van der Waals surface area contributed by atoms with Gasteiger partial charge in [0.1, 0.15) is 0 Å². The lowest BCUT2D eigenvalue weighted by molar-refractivity contribution is -0.115. The largest absolute Gasteiger partial charge is 0.320 e. The maximum Gasteiger partial charge on any atom is 0.260 e. The summed E-state index contributed by atoms with van der Waals surface area (Å²) in [5.41, 5.74) is 1.61. The molecule has 24 heavy (non-hydrogen) atoms. The van der Waals surface area contributed by atoms with Crippen LogP contribution >= 0.6 is 0 Å². The van der Waals surface area contributed by atoms with E-state index in [4.69, 9.17) is 0 Å². The highest BCUT2D eigenvalue weighted by atomic mass is 16.2. The lowest BCUT2D eigenvalue weighted by Gasteiger charge is -2.18. The molecule has 128 valence electrons. The van der Waals surface area contributed by atoms with Crippen molar-refractivity contribution in [3.05, 3.63) is 47.5 Å². The molecule has 0 aliphatic heterocycles. The van der Waals surface area contributed by atoms with Crippen LogP contribution in [0.4, 0.5) is 0 Å². The zero-order valence-electron chi connectivity index (χ0n) is 14.3. The van der Waals surface area contributed by atoms with Gasteiger partial charge in [0.2, 0.25) is 6.41 Å². The van der Waals surface area contributed by atoms with Crippen LogP contribution in [0, 0.1) is 6.92 Å². The summed E-state index contributed by atoms with van der Waals surface area (Å²) in [6, 6.07) is 11.6. The lowest BCUT2D eigenvalue weighted by atomic mass is 9.99. The van der Waals surface area contributed by atoms with Gasteiger partial charge in [-0.25, -0.2) is 0 Å². The summed E-state index contributed by atoms with van der Waals surface area (Å²) in [5.74, 6) is -0.248. The minimum atomic E-state index is -0.248. The summed E-state index contributed by atoms with van der Waals surface area (Å²) in [4.78, 5) is 25.4.